The lowest BCUT2D eigenvalue weighted by Crippen LogP contribution is -2.25. The Morgan fingerprint density at radius 1 is 1.80 bits per heavy atom. The molecular weight excluding hydrogens is 130 g/mol. The molecule has 58 valence electrons. The van der Waals surface area contributed by atoms with Crippen molar-refractivity contribution in [3.8, 4) is 0 Å². The summed E-state index contributed by atoms with van der Waals surface area (Å²) in [6, 6.07) is 0. The van der Waals surface area contributed by atoms with Crippen molar-refractivity contribution in [2.24, 2.45) is 5.92 Å². The first-order valence-electron chi connectivity index (χ1n) is 3.59. The average molecular weight is 143 g/mol. The van der Waals surface area contributed by atoms with E-state index in [1.807, 2.05) is 0 Å². The van der Waals surface area contributed by atoms with Crippen molar-refractivity contribution in [1.29, 1.82) is 0 Å². The molecular formula is C7H13NO2. The summed E-state index contributed by atoms with van der Waals surface area (Å²) in [5.41, 5.74) is 0. The zero-order valence-electron chi connectivity index (χ0n) is 6.22. The molecule has 1 unspecified atom stereocenters. The fourth-order valence-electron chi connectivity index (χ4n) is 1.11. The summed E-state index contributed by atoms with van der Waals surface area (Å²) in [5, 5.41) is 2.84. The Morgan fingerprint density at radius 3 is 3.10 bits per heavy atom. The highest BCUT2D eigenvalue weighted by Gasteiger charge is 2.21. The predicted octanol–water partition coefficient (Wildman–Crippen LogP) is -0.189. The summed E-state index contributed by atoms with van der Waals surface area (Å²) < 4.78 is 5.08. The molecule has 0 spiro atoms. The van der Waals surface area contributed by atoms with Crippen molar-refractivity contribution in [1.82, 2.24) is 5.32 Å². The fourth-order valence-corrected chi connectivity index (χ4v) is 1.11. The van der Waals surface area contributed by atoms with Crippen LogP contribution in [-0.4, -0.2) is 32.6 Å². The molecule has 0 saturated carbocycles. The smallest absolute Gasteiger partial charge is 0.152 e. The molecule has 1 rings (SSSR count). The van der Waals surface area contributed by atoms with Crippen LogP contribution in [0.5, 0.6) is 0 Å². The van der Waals surface area contributed by atoms with E-state index >= 15 is 0 Å². The summed E-state index contributed by atoms with van der Waals surface area (Å²) in [5.74, 6) is 0.437. The van der Waals surface area contributed by atoms with E-state index in [1.54, 1.807) is 7.05 Å². The van der Waals surface area contributed by atoms with Crippen LogP contribution in [0, 0.1) is 5.92 Å². The van der Waals surface area contributed by atoms with Gasteiger partial charge in [-0.3, -0.25) is 4.79 Å². The van der Waals surface area contributed by atoms with Crippen molar-refractivity contribution in [2.45, 2.75) is 6.42 Å². The number of likely N-dealkylation sites (N-methyl/N-ethyl adjacent to an activating group) is 1. The van der Waals surface area contributed by atoms with Gasteiger partial charge in [0, 0.05) is 12.5 Å². The van der Waals surface area contributed by atoms with Crippen molar-refractivity contribution in [2.75, 3.05) is 26.8 Å². The standard InChI is InChI=1S/C7H13NO2/c1-8-4-7(9)6-2-3-10-5-6/h6,8H,2-5H2,1H3. The highest BCUT2D eigenvalue weighted by atomic mass is 16.5. The molecule has 3 heteroatoms. The summed E-state index contributed by atoms with van der Waals surface area (Å²) in [4.78, 5) is 11.1. The molecule has 0 aromatic rings. The minimum absolute atomic E-state index is 0.160. The minimum Gasteiger partial charge on any atom is -0.381 e. The summed E-state index contributed by atoms with van der Waals surface area (Å²) in [6.07, 6.45) is 0.903. The van der Waals surface area contributed by atoms with Gasteiger partial charge in [0.1, 0.15) is 0 Å². The number of hydrogen-bond acceptors (Lipinski definition) is 3. The number of hydrogen-bond donors (Lipinski definition) is 1. The molecule has 3 nitrogen and oxygen atoms in total. The quantitative estimate of drug-likeness (QED) is 0.595. The van der Waals surface area contributed by atoms with E-state index in [9.17, 15) is 4.79 Å². The molecule has 0 aliphatic carbocycles. The van der Waals surface area contributed by atoms with Gasteiger partial charge in [-0.1, -0.05) is 0 Å². The number of carbonyl (C=O) groups is 1. The van der Waals surface area contributed by atoms with Gasteiger partial charge in [0.25, 0.3) is 0 Å². The topological polar surface area (TPSA) is 38.3 Å². The van der Waals surface area contributed by atoms with Gasteiger partial charge >= 0.3 is 0 Å². The number of nitrogens with one attached hydrogen (secondary N) is 1. The molecule has 1 aliphatic heterocycles. The van der Waals surface area contributed by atoms with Gasteiger partial charge in [-0.2, -0.15) is 0 Å². The molecule has 0 bridgehead atoms. The maximum absolute atomic E-state index is 11.1. The maximum Gasteiger partial charge on any atom is 0.152 e. The third kappa shape index (κ3) is 1.78. The van der Waals surface area contributed by atoms with Crippen molar-refractivity contribution < 1.29 is 9.53 Å². The lowest BCUT2D eigenvalue weighted by Gasteiger charge is -2.03. The lowest BCUT2D eigenvalue weighted by atomic mass is 10.0. The first-order valence-corrected chi connectivity index (χ1v) is 3.59. The first kappa shape index (κ1) is 7.69. The molecule has 1 fully saturated rings. The van der Waals surface area contributed by atoms with E-state index in [1.165, 1.54) is 0 Å². The molecule has 1 N–H and O–H groups in total. The van der Waals surface area contributed by atoms with Crippen LogP contribution in [0.4, 0.5) is 0 Å². The van der Waals surface area contributed by atoms with Gasteiger partial charge in [-0.15, -0.1) is 0 Å². The van der Waals surface area contributed by atoms with Crippen LogP contribution in [0.1, 0.15) is 6.42 Å². The molecule has 1 atom stereocenters. The molecule has 0 aromatic carbocycles. The van der Waals surface area contributed by atoms with E-state index in [0.29, 0.717) is 13.2 Å². The molecule has 0 radical (unpaired) electrons. The Kier molecular flexibility index (Phi) is 2.83. The second-order valence-corrected chi connectivity index (χ2v) is 2.56. The lowest BCUT2D eigenvalue weighted by molar-refractivity contribution is -0.121. The van der Waals surface area contributed by atoms with Crippen molar-refractivity contribution >= 4 is 5.78 Å². The van der Waals surface area contributed by atoms with Crippen LogP contribution < -0.4 is 5.32 Å². The Hall–Kier alpha value is -0.410. The number of ketones is 1. The largest absolute Gasteiger partial charge is 0.381 e. The molecule has 1 aliphatic rings. The van der Waals surface area contributed by atoms with Crippen LogP contribution in [0.15, 0.2) is 0 Å². The van der Waals surface area contributed by atoms with E-state index in [2.05, 4.69) is 5.32 Å². The van der Waals surface area contributed by atoms with Crippen LogP contribution in [0.2, 0.25) is 0 Å². The molecule has 0 amide bonds. The number of rotatable bonds is 3. The summed E-state index contributed by atoms with van der Waals surface area (Å²) in [7, 11) is 1.79. The van der Waals surface area contributed by atoms with E-state index < -0.39 is 0 Å². The Labute approximate surface area is 60.7 Å². The second kappa shape index (κ2) is 3.68. The molecule has 0 aromatic heterocycles. The minimum atomic E-state index is 0.160. The summed E-state index contributed by atoms with van der Waals surface area (Å²) >= 11 is 0. The van der Waals surface area contributed by atoms with E-state index in [-0.39, 0.29) is 11.7 Å². The number of ether oxygens (including phenoxy) is 1. The Balaban J connectivity index is 2.25. The fraction of sp³-hybridized carbons (Fsp3) is 0.857. The normalized spacial score (nSPS) is 25.1. The third-order valence-corrected chi connectivity index (χ3v) is 1.74. The maximum atomic E-state index is 11.1. The predicted molar refractivity (Wildman–Crippen MR) is 37.9 cm³/mol. The summed E-state index contributed by atoms with van der Waals surface area (Å²) in [6.45, 7) is 1.86. The van der Waals surface area contributed by atoms with Crippen molar-refractivity contribution in [3.05, 3.63) is 0 Å². The highest BCUT2D eigenvalue weighted by molar-refractivity contribution is 5.83. The van der Waals surface area contributed by atoms with Gasteiger partial charge in [0.2, 0.25) is 0 Å². The van der Waals surface area contributed by atoms with Gasteiger partial charge < -0.3 is 10.1 Å². The number of carbonyl (C=O) groups excluding carboxylic acids is 1. The average Bonchev–Trinajstić information content (AvgIpc) is 2.38. The molecule has 10 heavy (non-hydrogen) atoms. The zero-order valence-corrected chi connectivity index (χ0v) is 6.22. The van der Waals surface area contributed by atoms with E-state index in [0.717, 1.165) is 13.0 Å². The van der Waals surface area contributed by atoms with Gasteiger partial charge in [-0.25, -0.2) is 0 Å². The van der Waals surface area contributed by atoms with Crippen LogP contribution in [0.25, 0.3) is 0 Å². The third-order valence-electron chi connectivity index (χ3n) is 1.74. The first-order chi connectivity index (χ1) is 4.84. The monoisotopic (exact) mass is 143 g/mol. The number of Topliss-reactive ketones (excluding diaryl/α,β-unsaturated/α-hetero) is 1. The zero-order chi connectivity index (χ0) is 7.40. The van der Waals surface area contributed by atoms with Crippen LogP contribution >= 0.6 is 0 Å². The Morgan fingerprint density at radius 2 is 2.60 bits per heavy atom. The van der Waals surface area contributed by atoms with Gasteiger partial charge in [-0.05, 0) is 13.5 Å². The second-order valence-electron chi connectivity index (χ2n) is 2.56. The van der Waals surface area contributed by atoms with Gasteiger partial charge in [0.15, 0.2) is 5.78 Å². The molecule has 1 saturated heterocycles. The highest BCUT2D eigenvalue weighted by Crippen LogP contribution is 2.12. The Bertz CT molecular complexity index is 119. The van der Waals surface area contributed by atoms with E-state index in [4.69, 9.17) is 4.74 Å². The van der Waals surface area contributed by atoms with Crippen LogP contribution in [-0.2, 0) is 9.53 Å². The SMILES string of the molecule is CNCC(=O)C1CCOC1. The van der Waals surface area contributed by atoms with Crippen LogP contribution in [0.3, 0.4) is 0 Å². The molecule has 1 heterocycles. The van der Waals surface area contributed by atoms with Gasteiger partial charge in [0.05, 0.1) is 13.2 Å². The van der Waals surface area contributed by atoms with Crippen molar-refractivity contribution in [3.63, 3.8) is 0 Å².